The van der Waals surface area contributed by atoms with Crippen molar-refractivity contribution in [3.8, 4) is 5.75 Å². The minimum Gasteiger partial charge on any atom is -0.497 e. The van der Waals surface area contributed by atoms with Crippen LogP contribution in [0.15, 0.2) is 76.5 Å². The van der Waals surface area contributed by atoms with Crippen LogP contribution < -0.4 is 25.5 Å². The van der Waals surface area contributed by atoms with Crippen molar-refractivity contribution in [2.24, 2.45) is 4.99 Å². The summed E-state index contributed by atoms with van der Waals surface area (Å²) in [6.07, 6.45) is 5.50. The Morgan fingerprint density at radius 2 is 1.85 bits per heavy atom. The number of halogens is 1. The maximum Gasteiger partial charge on any atom is 0.180 e. The second-order valence-corrected chi connectivity index (χ2v) is 7.09. The van der Waals surface area contributed by atoms with Gasteiger partial charge in [0.1, 0.15) is 5.75 Å². The van der Waals surface area contributed by atoms with Crippen molar-refractivity contribution in [2.75, 3.05) is 12.0 Å². The van der Waals surface area contributed by atoms with Crippen LogP contribution in [0.5, 0.6) is 5.75 Å². The number of fused-ring (bicyclic) bond motifs is 1. The van der Waals surface area contributed by atoms with Crippen LogP contribution in [-0.2, 0) is 6.54 Å². The first-order valence-corrected chi connectivity index (χ1v) is 9.42. The Hall–Kier alpha value is -2.70. The maximum absolute atomic E-state index is 5.23. The third-order valence-corrected chi connectivity index (χ3v) is 4.89. The summed E-state index contributed by atoms with van der Waals surface area (Å²) in [4.78, 5) is 11.2. The Kier molecular flexibility index (Phi) is 5.18. The predicted octanol–water partition coefficient (Wildman–Crippen LogP) is 2.80. The van der Waals surface area contributed by atoms with Crippen molar-refractivity contribution in [1.82, 2.24) is 10.3 Å². The number of anilines is 1. The summed E-state index contributed by atoms with van der Waals surface area (Å²) in [7, 11) is 1.67. The zero-order valence-corrected chi connectivity index (χ0v) is 16.4. The molecule has 136 valence electrons. The Bertz CT molecular complexity index is 1040. The highest BCUT2D eigenvalue weighted by Gasteiger charge is 2.18. The smallest absolute Gasteiger partial charge is 0.180 e. The highest BCUT2D eigenvalue weighted by molar-refractivity contribution is 9.10. The number of nitrogens with zero attached hydrogens (tertiary/aromatic N) is 3. The number of benzene rings is 2. The number of hydrogen-bond acceptors (Lipinski definition) is 5. The summed E-state index contributed by atoms with van der Waals surface area (Å²) in [6.45, 7) is 0.694. The van der Waals surface area contributed by atoms with Gasteiger partial charge in [0.15, 0.2) is 6.29 Å². The molecule has 5 nitrogen and oxygen atoms in total. The van der Waals surface area contributed by atoms with Crippen molar-refractivity contribution >= 4 is 27.8 Å². The first-order valence-electron chi connectivity index (χ1n) is 8.63. The number of nitrogens with one attached hydrogen (secondary N) is 1. The van der Waals surface area contributed by atoms with E-state index in [1.165, 1.54) is 5.56 Å². The second kappa shape index (κ2) is 7.90. The van der Waals surface area contributed by atoms with Crippen LogP contribution in [0.25, 0.3) is 6.20 Å². The number of aromatic nitrogens is 1. The van der Waals surface area contributed by atoms with Crippen molar-refractivity contribution < 1.29 is 4.74 Å². The van der Waals surface area contributed by atoms with E-state index in [4.69, 9.17) is 9.73 Å². The molecule has 0 radical (unpaired) electrons. The first-order chi connectivity index (χ1) is 13.2. The lowest BCUT2D eigenvalue weighted by molar-refractivity contribution is 0.414. The first kappa shape index (κ1) is 17.7. The average Bonchev–Trinajstić information content (AvgIpc) is 2.72. The Labute approximate surface area is 166 Å². The summed E-state index contributed by atoms with van der Waals surface area (Å²) < 4.78 is 6.26. The number of hydrogen-bond donors (Lipinski definition) is 1. The van der Waals surface area contributed by atoms with Gasteiger partial charge in [-0.1, -0.05) is 28.1 Å². The lowest BCUT2D eigenvalue weighted by Crippen LogP contribution is -2.49. The quantitative estimate of drug-likeness (QED) is 0.686. The molecule has 1 aliphatic rings. The largest absolute Gasteiger partial charge is 0.497 e. The molecule has 0 aliphatic carbocycles. The van der Waals surface area contributed by atoms with Gasteiger partial charge in [-0.2, -0.15) is 0 Å². The van der Waals surface area contributed by atoms with E-state index >= 15 is 0 Å². The van der Waals surface area contributed by atoms with Gasteiger partial charge in [-0.3, -0.25) is 10.3 Å². The monoisotopic (exact) mass is 422 g/mol. The number of rotatable bonds is 5. The minimum absolute atomic E-state index is 0.205. The summed E-state index contributed by atoms with van der Waals surface area (Å²) in [5.74, 6) is 0.854. The fourth-order valence-electron chi connectivity index (χ4n) is 2.99. The molecule has 0 saturated carbocycles. The average molecular weight is 423 g/mol. The lowest BCUT2D eigenvalue weighted by atomic mass is 10.2. The molecule has 3 aromatic rings. The molecule has 1 aromatic heterocycles. The van der Waals surface area contributed by atoms with E-state index in [2.05, 4.69) is 55.5 Å². The Morgan fingerprint density at radius 1 is 1.07 bits per heavy atom. The zero-order chi connectivity index (χ0) is 18.6. The van der Waals surface area contributed by atoms with Crippen LogP contribution in [0, 0.1) is 0 Å². The van der Waals surface area contributed by atoms with Gasteiger partial charge in [0, 0.05) is 40.5 Å². The van der Waals surface area contributed by atoms with Gasteiger partial charge in [0.2, 0.25) is 0 Å². The molecule has 2 heterocycles. The molecule has 0 spiro atoms. The molecule has 4 rings (SSSR count). The van der Waals surface area contributed by atoms with Crippen molar-refractivity contribution in [3.63, 3.8) is 0 Å². The molecule has 6 heteroatoms. The fraction of sp³-hybridized carbons (Fsp3) is 0.143. The van der Waals surface area contributed by atoms with Gasteiger partial charge in [-0.15, -0.1) is 0 Å². The van der Waals surface area contributed by atoms with E-state index in [0.29, 0.717) is 6.54 Å². The van der Waals surface area contributed by atoms with Crippen molar-refractivity contribution in [1.29, 1.82) is 0 Å². The number of ether oxygens (including phenoxy) is 1. The number of pyridine rings is 1. The van der Waals surface area contributed by atoms with E-state index in [0.717, 1.165) is 26.5 Å². The molecule has 1 aliphatic heterocycles. The van der Waals surface area contributed by atoms with E-state index in [1.807, 2.05) is 36.4 Å². The van der Waals surface area contributed by atoms with Gasteiger partial charge in [-0.25, -0.2) is 4.99 Å². The highest BCUT2D eigenvalue weighted by Crippen LogP contribution is 2.18. The molecule has 0 fully saturated rings. The molecule has 1 unspecified atom stereocenters. The van der Waals surface area contributed by atoms with Crippen LogP contribution in [0.3, 0.4) is 0 Å². The summed E-state index contributed by atoms with van der Waals surface area (Å²) in [5, 5.41) is 5.58. The van der Waals surface area contributed by atoms with Gasteiger partial charge in [0.25, 0.3) is 0 Å². The third-order valence-electron chi connectivity index (χ3n) is 4.40. The zero-order valence-electron chi connectivity index (χ0n) is 14.8. The van der Waals surface area contributed by atoms with Crippen molar-refractivity contribution in [2.45, 2.75) is 12.8 Å². The van der Waals surface area contributed by atoms with E-state index in [9.17, 15) is 0 Å². The lowest BCUT2D eigenvalue weighted by Gasteiger charge is -2.30. The molecule has 27 heavy (non-hydrogen) atoms. The normalized spacial score (nSPS) is 15.5. The highest BCUT2D eigenvalue weighted by atomic mass is 79.9. The van der Waals surface area contributed by atoms with Crippen LogP contribution in [0.4, 0.5) is 5.69 Å². The fourth-order valence-corrected chi connectivity index (χ4v) is 3.37. The molecule has 2 aromatic carbocycles. The van der Waals surface area contributed by atoms with Crippen LogP contribution in [-0.4, -0.2) is 18.4 Å². The topological polar surface area (TPSA) is 49.8 Å². The van der Waals surface area contributed by atoms with E-state index < -0.39 is 0 Å². The Morgan fingerprint density at radius 3 is 2.59 bits per heavy atom. The van der Waals surface area contributed by atoms with Crippen molar-refractivity contribution in [3.05, 3.63) is 87.6 Å². The molecule has 0 bridgehead atoms. The Balaban J connectivity index is 1.64. The van der Waals surface area contributed by atoms with Gasteiger partial charge >= 0.3 is 0 Å². The molecule has 1 atom stereocenters. The molecule has 0 saturated heterocycles. The van der Waals surface area contributed by atoms with Crippen LogP contribution >= 0.6 is 15.9 Å². The molecule has 1 N–H and O–H groups in total. The predicted molar refractivity (Wildman–Crippen MR) is 110 cm³/mol. The molecular weight excluding hydrogens is 404 g/mol. The summed E-state index contributed by atoms with van der Waals surface area (Å²) in [6, 6.07) is 18.1. The minimum atomic E-state index is -0.205. The SMILES string of the molecule is COc1ccc(CNC2N=c3ccc(Br)cc3=CN2c2ccncc2)cc1. The second-order valence-electron chi connectivity index (χ2n) is 6.18. The van der Waals surface area contributed by atoms with Gasteiger partial charge < -0.3 is 9.64 Å². The number of methoxy groups -OCH3 is 1. The van der Waals surface area contributed by atoms with E-state index in [1.54, 1.807) is 19.5 Å². The summed E-state index contributed by atoms with van der Waals surface area (Å²) in [5.41, 5.74) is 2.20. The van der Waals surface area contributed by atoms with Crippen LogP contribution in [0.2, 0.25) is 0 Å². The third kappa shape index (κ3) is 4.02. The van der Waals surface area contributed by atoms with Gasteiger partial charge in [-0.05, 0) is 48.0 Å². The van der Waals surface area contributed by atoms with Gasteiger partial charge in [0.05, 0.1) is 12.5 Å². The molecular formula is C21H19BrN4O. The maximum atomic E-state index is 5.23. The standard InChI is InChI=1S/C21H19BrN4O/c1-27-19-5-2-15(3-6-19)13-24-21-25-20-7-4-17(22)12-16(20)14-26(21)18-8-10-23-11-9-18/h2-12,14,21,24H,13H2,1H3. The molecule has 0 amide bonds. The van der Waals surface area contributed by atoms with E-state index in [-0.39, 0.29) is 6.29 Å². The van der Waals surface area contributed by atoms with Crippen LogP contribution in [0.1, 0.15) is 5.56 Å². The summed E-state index contributed by atoms with van der Waals surface area (Å²) >= 11 is 3.54.